The average molecular weight is 330 g/mol. The lowest BCUT2D eigenvalue weighted by molar-refractivity contribution is 0.0507. The summed E-state index contributed by atoms with van der Waals surface area (Å²) in [7, 11) is 3.22. The van der Waals surface area contributed by atoms with Crippen molar-refractivity contribution in [3.05, 3.63) is 50.6 Å². The zero-order valence-corrected chi connectivity index (χ0v) is 13.0. The Labute approximate surface area is 134 Å². The molecule has 0 spiro atoms. The summed E-state index contributed by atoms with van der Waals surface area (Å²) in [5.74, 6) is -0.604. The third kappa shape index (κ3) is 2.81. The highest BCUT2D eigenvalue weighted by atomic mass is 16.5. The van der Waals surface area contributed by atoms with Crippen LogP contribution in [0.4, 0.5) is 0 Å². The number of pyridine rings is 1. The van der Waals surface area contributed by atoms with Gasteiger partial charge in [-0.1, -0.05) is 5.21 Å². The number of carbonyl (C=O) groups is 1. The fraction of sp³-hybridized carbons (Fsp3) is 0.286. The third-order valence-corrected chi connectivity index (χ3v) is 3.59. The van der Waals surface area contributed by atoms with Gasteiger partial charge >= 0.3 is 11.7 Å². The van der Waals surface area contributed by atoms with E-state index in [1.165, 1.54) is 23.9 Å². The first-order valence-electron chi connectivity index (χ1n) is 7.07. The van der Waals surface area contributed by atoms with Gasteiger partial charge in [0.1, 0.15) is 5.65 Å². The third-order valence-electron chi connectivity index (χ3n) is 3.59. The molecule has 24 heavy (non-hydrogen) atoms. The lowest BCUT2D eigenvalue weighted by Crippen LogP contribution is -2.29. The highest BCUT2D eigenvalue weighted by molar-refractivity contribution is 5.92. The van der Waals surface area contributed by atoms with Crippen molar-refractivity contribution in [2.24, 2.45) is 14.1 Å². The van der Waals surface area contributed by atoms with Gasteiger partial charge in [-0.05, 0) is 6.07 Å². The first-order valence-corrected chi connectivity index (χ1v) is 7.07. The van der Waals surface area contributed by atoms with Gasteiger partial charge in [0.25, 0.3) is 5.56 Å². The lowest BCUT2D eigenvalue weighted by atomic mass is 10.2. The Morgan fingerprint density at radius 1 is 1.29 bits per heavy atom. The van der Waals surface area contributed by atoms with E-state index in [1.807, 2.05) is 0 Å². The number of aromatic nitrogens is 6. The van der Waals surface area contributed by atoms with Crippen LogP contribution in [-0.2, 0) is 25.3 Å². The molecule has 0 aliphatic rings. The van der Waals surface area contributed by atoms with E-state index in [-0.39, 0.29) is 23.2 Å². The van der Waals surface area contributed by atoms with Gasteiger partial charge in [-0.25, -0.2) is 14.6 Å². The molecule has 0 unspecified atom stereocenters. The van der Waals surface area contributed by atoms with Gasteiger partial charge in [0.2, 0.25) is 0 Å². The minimum absolute atomic E-state index is 0.134. The quantitative estimate of drug-likeness (QED) is 0.618. The van der Waals surface area contributed by atoms with Crippen molar-refractivity contribution >= 4 is 17.0 Å². The molecular weight excluding hydrogens is 316 g/mol. The van der Waals surface area contributed by atoms with Crippen molar-refractivity contribution in [1.29, 1.82) is 0 Å². The summed E-state index contributed by atoms with van der Waals surface area (Å²) in [6.07, 6.45) is 3.33. The Morgan fingerprint density at radius 2 is 2.08 bits per heavy atom. The van der Waals surface area contributed by atoms with E-state index in [0.717, 1.165) is 5.69 Å². The number of rotatable bonds is 4. The molecule has 0 fully saturated rings. The van der Waals surface area contributed by atoms with Crippen molar-refractivity contribution in [2.45, 2.75) is 6.42 Å². The number of H-pyrrole nitrogens is 1. The standard InChI is InChI=1S/C14H14N6O4/c1-19-11-10(12(21)17-14(19)23)5-8(6-15-11)13(22)24-4-3-9-7-16-18-20(9)2/h5-7H,3-4H2,1-2H3,(H,17,21,23). The normalized spacial score (nSPS) is 10.9. The van der Waals surface area contributed by atoms with E-state index in [9.17, 15) is 14.4 Å². The molecule has 0 saturated heterocycles. The Morgan fingerprint density at radius 3 is 2.79 bits per heavy atom. The number of hydrogen-bond donors (Lipinski definition) is 1. The fourth-order valence-electron chi connectivity index (χ4n) is 2.22. The molecule has 0 amide bonds. The molecular formula is C14H14N6O4. The van der Waals surface area contributed by atoms with E-state index in [1.54, 1.807) is 17.9 Å². The second-order valence-electron chi connectivity index (χ2n) is 5.15. The van der Waals surface area contributed by atoms with Crippen molar-refractivity contribution in [3.63, 3.8) is 0 Å². The van der Waals surface area contributed by atoms with E-state index in [4.69, 9.17) is 4.74 Å². The Hall–Kier alpha value is -3.30. The molecule has 3 rings (SSSR count). The van der Waals surface area contributed by atoms with Crippen LogP contribution in [0.15, 0.2) is 28.0 Å². The summed E-state index contributed by atoms with van der Waals surface area (Å²) in [6.45, 7) is 0.141. The number of aryl methyl sites for hydroxylation is 2. The number of esters is 1. The topological polar surface area (TPSA) is 125 Å². The highest BCUT2D eigenvalue weighted by Crippen LogP contribution is 2.08. The maximum Gasteiger partial charge on any atom is 0.339 e. The molecule has 3 aromatic heterocycles. The van der Waals surface area contributed by atoms with Gasteiger partial charge < -0.3 is 4.74 Å². The van der Waals surface area contributed by atoms with Crippen molar-refractivity contribution in [3.8, 4) is 0 Å². The SMILES string of the molecule is Cn1nncc1CCOC(=O)c1cnc2c(c1)c(=O)[nH]c(=O)n2C. The maximum absolute atomic E-state index is 12.1. The van der Waals surface area contributed by atoms with Crippen LogP contribution >= 0.6 is 0 Å². The van der Waals surface area contributed by atoms with E-state index >= 15 is 0 Å². The molecule has 3 heterocycles. The monoisotopic (exact) mass is 330 g/mol. The molecule has 0 atom stereocenters. The van der Waals surface area contributed by atoms with Gasteiger partial charge in [0.05, 0.1) is 29.4 Å². The second kappa shape index (κ2) is 6.07. The molecule has 124 valence electrons. The zero-order chi connectivity index (χ0) is 17.3. The number of nitrogens with zero attached hydrogens (tertiary/aromatic N) is 5. The van der Waals surface area contributed by atoms with E-state index in [0.29, 0.717) is 6.42 Å². The summed E-state index contributed by atoms with van der Waals surface area (Å²) in [5.41, 5.74) is -0.0155. The molecule has 0 bridgehead atoms. The number of fused-ring (bicyclic) bond motifs is 1. The molecule has 0 aliphatic carbocycles. The number of aromatic amines is 1. The predicted molar refractivity (Wildman–Crippen MR) is 82.6 cm³/mol. The predicted octanol–water partition coefficient (Wildman–Crippen LogP) is -0.850. The Kier molecular flexibility index (Phi) is 3.94. The summed E-state index contributed by atoms with van der Waals surface area (Å²) >= 11 is 0. The van der Waals surface area contributed by atoms with E-state index < -0.39 is 17.2 Å². The molecule has 1 N–H and O–H groups in total. The van der Waals surface area contributed by atoms with Crippen LogP contribution in [0.25, 0.3) is 11.0 Å². The van der Waals surface area contributed by atoms with Crippen molar-refractivity contribution < 1.29 is 9.53 Å². The summed E-state index contributed by atoms with van der Waals surface area (Å²) in [6, 6.07) is 1.36. The first kappa shape index (κ1) is 15.6. The largest absolute Gasteiger partial charge is 0.462 e. The van der Waals surface area contributed by atoms with Crippen LogP contribution in [0.2, 0.25) is 0 Å². The van der Waals surface area contributed by atoms with Crippen LogP contribution in [0.5, 0.6) is 0 Å². The van der Waals surface area contributed by atoms with Gasteiger partial charge in [0.15, 0.2) is 0 Å². The molecule has 10 nitrogen and oxygen atoms in total. The van der Waals surface area contributed by atoms with Crippen LogP contribution < -0.4 is 11.2 Å². The van der Waals surface area contributed by atoms with E-state index in [2.05, 4.69) is 20.3 Å². The van der Waals surface area contributed by atoms with Gasteiger partial charge in [0, 0.05) is 26.7 Å². The van der Waals surface area contributed by atoms with Crippen LogP contribution in [0, 0.1) is 0 Å². The fourth-order valence-corrected chi connectivity index (χ4v) is 2.22. The minimum Gasteiger partial charge on any atom is -0.462 e. The molecule has 0 radical (unpaired) electrons. The number of hydrogen-bond acceptors (Lipinski definition) is 7. The molecule has 0 saturated carbocycles. The number of ether oxygens (including phenoxy) is 1. The summed E-state index contributed by atoms with van der Waals surface area (Å²) < 4.78 is 7.95. The molecule has 10 heteroatoms. The van der Waals surface area contributed by atoms with Crippen LogP contribution in [-0.4, -0.2) is 42.1 Å². The summed E-state index contributed by atoms with van der Waals surface area (Å²) in [5, 5.41) is 7.66. The summed E-state index contributed by atoms with van der Waals surface area (Å²) in [4.78, 5) is 41.6. The number of carbonyl (C=O) groups excluding carboxylic acids is 1. The highest BCUT2D eigenvalue weighted by Gasteiger charge is 2.13. The second-order valence-corrected chi connectivity index (χ2v) is 5.15. The van der Waals surface area contributed by atoms with Crippen molar-refractivity contribution in [1.82, 2.24) is 29.5 Å². The average Bonchev–Trinajstić information content (AvgIpc) is 2.97. The van der Waals surface area contributed by atoms with Crippen LogP contribution in [0.3, 0.4) is 0 Å². The van der Waals surface area contributed by atoms with Gasteiger partial charge in [-0.15, -0.1) is 5.10 Å². The number of nitrogens with one attached hydrogen (secondary N) is 1. The van der Waals surface area contributed by atoms with Gasteiger partial charge in [-0.2, -0.15) is 0 Å². The zero-order valence-electron chi connectivity index (χ0n) is 13.0. The smallest absolute Gasteiger partial charge is 0.339 e. The molecule has 3 aromatic rings. The lowest BCUT2D eigenvalue weighted by Gasteiger charge is -2.06. The minimum atomic E-state index is -0.604. The Balaban J connectivity index is 1.79. The Bertz CT molecular complexity index is 1030. The maximum atomic E-state index is 12.1. The first-order chi connectivity index (χ1) is 11.5. The van der Waals surface area contributed by atoms with Crippen LogP contribution in [0.1, 0.15) is 16.1 Å². The van der Waals surface area contributed by atoms with Crippen molar-refractivity contribution in [2.75, 3.05) is 6.61 Å². The molecule has 0 aliphatic heterocycles. The van der Waals surface area contributed by atoms with Gasteiger partial charge in [-0.3, -0.25) is 19.0 Å². The molecule has 0 aromatic carbocycles.